The van der Waals surface area contributed by atoms with E-state index in [9.17, 15) is 9.90 Å². The fraction of sp³-hybridized carbons (Fsp3) is 0.133. The Labute approximate surface area is 117 Å². The molecule has 0 heterocycles. The molecule has 0 aliphatic heterocycles. The van der Waals surface area contributed by atoms with Crippen molar-refractivity contribution in [2.45, 2.75) is 6.54 Å². The van der Waals surface area contributed by atoms with E-state index in [-0.39, 0.29) is 5.75 Å². The fourth-order valence-electron chi connectivity index (χ4n) is 1.75. The van der Waals surface area contributed by atoms with Crippen molar-refractivity contribution < 1.29 is 14.6 Å². The number of anilines is 2. The highest BCUT2D eigenvalue weighted by Crippen LogP contribution is 2.17. The molecule has 0 saturated heterocycles. The van der Waals surface area contributed by atoms with Crippen LogP contribution in [0.25, 0.3) is 0 Å². The van der Waals surface area contributed by atoms with Gasteiger partial charge in [0.05, 0.1) is 7.11 Å². The number of benzene rings is 2. The third-order valence-electron chi connectivity index (χ3n) is 2.70. The summed E-state index contributed by atoms with van der Waals surface area (Å²) in [6.45, 7) is 0.579. The molecule has 0 aliphatic rings. The Balaban J connectivity index is 1.99. The van der Waals surface area contributed by atoms with Gasteiger partial charge in [-0.25, -0.2) is 4.79 Å². The normalized spacial score (nSPS) is 9.85. The minimum absolute atomic E-state index is 0.241. The average Bonchev–Trinajstić information content (AvgIpc) is 2.45. The second kappa shape index (κ2) is 6.47. The molecule has 0 aliphatic carbocycles. The Kier molecular flexibility index (Phi) is 4.44. The van der Waals surface area contributed by atoms with Gasteiger partial charge in [0.25, 0.3) is 0 Å². The molecule has 0 bridgehead atoms. The van der Waals surface area contributed by atoms with E-state index < -0.39 is 6.09 Å². The Bertz CT molecular complexity index is 599. The maximum absolute atomic E-state index is 11.1. The van der Waals surface area contributed by atoms with Gasteiger partial charge in [-0.3, -0.25) is 5.32 Å². The molecular formula is C15H16N2O3. The van der Waals surface area contributed by atoms with Gasteiger partial charge in [0.15, 0.2) is 0 Å². The van der Waals surface area contributed by atoms with Crippen LogP contribution in [0.1, 0.15) is 5.56 Å². The van der Waals surface area contributed by atoms with E-state index in [0.717, 1.165) is 11.3 Å². The summed E-state index contributed by atoms with van der Waals surface area (Å²) in [5.41, 5.74) is 2.48. The first kappa shape index (κ1) is 13.7. The molecule has 0 saturated carbocycles. The SMILES string of the molecule is COC(=O)Nc1cccc(NCc2cccc(O)c2)c1. The lowest BCUT2D eigenvalue weighted by atomic mass is 10.2. The van der Waals surface area contributed by atoms with E-state index in [4.69, 9.17) is 0 Å². The number of rotatable bonds is 4. The Morgan fingerprint density at radius 1 is 1.15 bits per heavy atom. The zero-order valence-electron chi connectivity index (χ0n) is 11.1. The lowest BCUT2D eigenvalue weighted by Crippen LogP contribution is -2.11. The minimum atomic E-state index is -0.505. The minimum Gasteiger partial charge on any atom is -0.508 e. The van der Waals surface area contributed by atoms with Gasteiger partial charge in [0.2, 0.25) is 0 Å². The summed E-state index contributed by atoms with van der Waals surface area (Å²) in [6.07, 6.45) is -0.505. The smallest absolute Gasteiger partial charge is 0.411 e. The van der Waals surface area contributed by atoms with Crippen molar-refractivity contribution in [2.75, 3.05) is 17.7 Å². The fourth-order valence-corrected chi connectivity index (χ4v) is 1.75. The Hall–Kier alpha value is -2.69. The van der Waals surface area contributed by atoms with Crippen molar-refractivity contribution in [2.24, 2.45) is 0 Å². The number of ether oxygens (including phenoxy) is 1. The van der Waals surface area contributed by atoms with Gasteiger partial charge in [0.1, 0.15) is 5.75 Å². The number of phenols is 1. The number of amides is 1. The molecule has 0 unspecified atom stereocenters. The van der Waals surface area contributed by atoms with E-state index in [0.29, 0.717) is 12.2 Å². The summed E-state index contributed by atoms with van der Waals surface area (Å²) in [7, 11) is 1.32. The Morgan fingerprint density at radius 2 is 1.90 bits per heavy atom. The van der Waals surface area contributed by atoms with Gasteiger partial charge in [-0.2, -0.15) is 0 Å². The molecule has 0 spiro atoms. The van der Waals surface area contributed by atoms with Crippen LogP contribution in [0.4, 0.5) is 16.2 Å². The Morgan fingerprint density at radius 3 is 2.65 bits per heavy atom. The van der Waals surface area contributed by atoms with Crippen LogP contribution in [-0.2, 0) is 11.3 Å². The third-order valence-corrected chi connectivity index (χ3v) is 2.70. The zero-order chi connectivity index (χ0) is 14.4. The van der Waals surface area contributed by atoms with Gasteiger partial charge >= 0.3 is 6.09 Å². The lowest BCUT2D eigenvalue weighted by molar-refractivity contribution is 0.187. The summed E-state index contributed by atoms with van der Waals surface area (Å²) in [5.74, 6) is 0.241. The van der Waals surface area contributed by atoms with E-state index in [1.807, 2.05) is 18.2 Å². The predicted octanol–water partition coefficient (Wildman–Crippen LogP) is 3.18. The highest BCUT2D eigenvalue weighted by Gasteiger charge is 2.01. The number of aromatic hydroxyl groups is 1. The first-order valence-corrected chi connectivity index (χ1v) is 6.14. The molecule has 1 amide bonds. The number of carbonyl (C=O) groups is 1. The van der Waals surface area contributed by atoms with Gasteiger partial charge < -0.3 is 15.2 Å². The zero-order valence-corrected chi connectivity index (χ0v) is 11.1. The van der Waals surface area contributed by atoms with Crippen LogP contribution in [0.3, 0.4) is 0 Å². The molecular weight excluding hydrogens is 256 g/mol. The number of carbonyl (C=O) groups excluding carboxylic acids is 1. The van der Waals surface area contributed by atoms with E-state index in [1.165, 1.54) is 7.11 Å². The number of phenolic OH excluding ortho intramolecular Hbond substituents is 1. The quantitative estimate of drug-likeness (QED) is 0.799. The molecule has 2 rings (SSSR count). The van der Waals surface area contributed by atoms with Crippen molar-refractivity contribution in [3.8, 4) is 5.75 Å². The number of nitrogens with one attached hydrogen (secondary N) is 2. The number of hydrogen-bond donors (Lipinski definition) is 3. The van der Waals surface area contributed by atoms with E-state index in [2.05, 4.69) is 15.4 Å². The van der Waals surface area contributed by atoms with Crippen molar-refractivity contribution in [1.29, 1.82) is 0 Å². The van der Waals surface area contributed by atoms with Crippen LogP contribution in [0, 0.1) is 0 Å². The molecule has 0 fully saturated rings. The first-order valence-electron chi connectivity index (χ1n) is 6.14. The molecule has 2 aromatic rings. The van der Waals surface area contributed by atoms with Crippen molar-refractivity contribution in [3.05, 3.63) is 54.1 Å². The third kappa shape index (κ3) is 3.91. The molecule has 0 aromatic heterocycles. The van der Waals surface area contributed by atoms with Gasteiger partial charge in [-0.05, 0) is 35.9 Å². The maximum atomic E-state index is 11.1. The summed E-state index contributed by atoms with van der Waals surface area (Å²) < 4.78 is 4.54. The topological polar surface area (TPSA) is 70.6 Å². The summed E-state index contributed by atoms with van der Waals surface area (Å²) >= 11 is 0. The highest BCUT2D eigenvalue weighted by molar-refractivity contribution is 5.85. The van der Waals surface area contributed by atoms with Crippen LogP contribution < -0.4 is 10.6 Å². The van der Waals surface area contributed by atoms with Crippen molar-refractivity contribution in [3.63, 3.8) is 0 Å². The molecule has 2 aromatic carbocycles. The average molecular weight is 272 g/mol. The monoisotopic (exact) mass is 272 g/mol. The molecule has 104 valence electrons. The molecule has 3 N–H and O–H groups in total. The van der Waals surface area contributed by atoms with Crippen LogP contribution in [0.2, 0.25) is 0 Å². The number of methoxy groups -OCH3 is 1. The molecule has 0 radical (unpaired) electrons. The molecule has 0 atom stereocenters. The van der Waals surface area contributed by atoms with Crippen LogP contribution in [0.5, 0.6) is 5.75 Å². The van der Waals surface area contributed by atoms with E-state index >= 15 is 0 Å². The van der Waals surface area contributed by atoms with Gasteiger partial charge in [0, 0.05) is 17.9 Å². The van der Waals surface area contributed by atoms with Crippen molar-refractivity contribution >= 4 is 17.5 Å². The van der Waals surface area contributed by atoms with E-state index in [1.54, 1.807) is 30.3 Å². The molecule has 5 heteroatoms. The summed E-state index contributed by atoms with van der Waals surface area (Å²) in [6, 6.07) is 14.3. The number of hydrogen-bond acceptors (Lipinski definition) is 4. The largest absolute Gasteiger partial charge is 0.508 e. The van der Waals surface area contributed by atoms with Crippen LogP contribution in [-0.4, -0.2) is 18.3 Å². The summed E-state index contributed by atoms with van der Waals surface area (Å²) in [5, 5.41) is 15.2. The summed E-state index contributed by atoms with van der Waals surface area (Å²) in [4.78, 5) is 11.1. The standard InChI is InChI=1S/C15H16N2O3/c1-20-15(19)17-13-6-3-5-12(9-13)16-10-11-4-2-7-14(18)8-11/h2-9,16,18H,10H2,1H3,(H,17,19). The highest BCUT2D eigenvalue weighted by atomic mass is 16.5. The first-order chi connectivity index (χ1) is 9.67. The lowest BCUT2D eigenvalue weighted by Gasteiger charge is -2.09. The van der Waals surface area contributed by atoms with Crippen LogP contribution in [0.15, 0.2) is 48.5 Å². The molecule has 20 heavy (non-hydrogen) atoms. The second-order valence-electron chi connectivity index (χ2n) is 4.22. The van der Waals surface area contributed by atoms with Crippen molar-refractivity contribution in [1.82, 2.24) is 0 Å². The van der Waals surface area contributed by atoms with Gasteiger partial charge in [-0.1, -0.05) is 18.2 Å². The maximum Gasteiger partial charge on any atom is 0.411 e. The second-order valence-corrected chi connectivity index (χ2v) is 4.22. The molecule has 5 nitrogen and oxygen atoms in total. The van der Waals surface area contributed by atoms with Crippen LogP contribution >= 0.6 is 0 Å². The van der Waals surface area contributed by atoms with Gasteiger partial charge in [-0.15, -0.1) is 0 Å². The predicted molar refractivity (Wildman–Crippen MR) is 77.9 cm³/mol.